The predicted molar refractivity (Wildman–Crippen MR) is 95.7 cm³/mol. The Morgan fingerprint density at radius 2 is 2.00 bits per heavy atom. The van der Waals surface area contributed by atoms with Gasteiger partial charge in [0.15, 0.2) is 0 Å². The maximum absolute atomic E-state index is 13.0. The predicted octanol–water partition coefficient (Wildman–Crippen LogP) is 3.93. The maximum Gasteiger partial charge on any atom is 0.340 e. The van der Waals surface area contributed by atoms with Crippen LogP contribution < -0.4 is 4.90 Å². The van der Waals surface area contributed by atoms with Gasteiger partial charge in [-0.1, -0.05) is 18.2 Å². The number of benzene rings is 1. The first-order valence-electron chi connectivity index (χ1n) is 7.49. The van der Waals surface area contributed by atoms with Crippen LogP contribution in [0.5, 0.6) is 0 Å². The molecule has 0 fully saturated rings. The number of hydrogen-bond acceptors (Lipinski definition) is 4. The zero-order valence-corrected chi connectivity index (χ0v) is 14.5. The number of carbonyl (C=O) groups is 2. The first kappa shape index (κ1) is 16.2. The average Bonchev–Trinajstić information content (AvgIpc) is 3.14. The minimum absolute atomic E-state index is 0.216. The van der Waals surface area contributed by atoms with Crippen molar-refractivity contribution in [2.75, 3.05) is 12.0 Å². The quantitative estimate of drug-likeness (QED) is 0.629. The molecule has 0 atom stereocenters. The third kappa shape index (κ3) is 2.78. The van der Waals surface area contributed by atoms with Gasteiger partial charge in [-0.25, -0.2) is 4.79 Å². The van der Waals surface area contributed by atoms with E-state index in [1.807, 2.05) is 48.7 Å². The molecule has 0 saturated heterocycles. The Morgan fingerprint density at radius 1 is 1.21 bits per heavy atom. The summed E-state index contributed by atoms with van der Waals surface area (Å²) in [7, 11) is 1.32. The second-order valence-electron chi connectivity index (χ2n) is 5.50. The van der Waals surface area contributed by atoms with Crippen molar-refractivity contribution in [1.29, 1.82) is 0 Å². The fraction of sp³-hybridized carbons (Fsp3) is 0.158. The van der Waals surface area contributed by atoms with E-state index in [9.17, 15) is 9.59 Å². The molecule has 0 radical (unpaired) electrons. The Morgan fingerprint density at radius 3 is 2.62 bits per heavy atom. The Kier molecular flexibility index (Phi) is 4.36. The van der Waals surface area contributed by atoms with Crippen molar-refractivity contribution in [1.82, 2.24) is 0 Å². The van der Waals surface area contributed by atoms with Crippen LogP contribution >= 0.6 is 11.3 Å². The summed E-state index contributed by atoms with van der Waals surface area (Å²) in [6.07, 6.45) is 1.75. The summed E-state index contributed by atoms with van der Waals surface area (Å²) >= 11 is 1.51. The molecule has 5 heteroatoms. The molecule has 2 heterocycles. The molecule has 1 aliphatic rings. The summed E-state index contributed by atoms with van der Waals surface area (Å²) < 4.78 is 4.90. The second-order valence-corrected chi connectivity index (χ2v) is 6.48. The van der Waals surface area contributed by atoms with Crippen LogP contribution in [0.25, 0.3) is 6.08 Å². The van der Waals surface area contributed by atoms with Crippen LogP contribution in [-0.2, 0) is 14.3 Å². The van der Waals surface area contributed by atoms with E-state index in [4.69, 9.17) is 4.74 Å². The van der Waals surface area contributed by atoms with Gasteiger partial charge >= 0.3 is 5.97 Å². The molecule has 0 bridgehead atoms. The lowest BCUT2D eigenvalue weighted by Gasteiger charge is -2.18. The van der Waals surface area contributed by atoms with Crippen LogP contribution in [0.2, 0.25) is 0 Å². The Labute approximate surface area is 144 Å². The summed E-state index contributed by atoms with van der Waals surface area (Å²) in [5.41, 5.74) is 3.05. The largest absolute Gasteiger partial charge is 0.465 e. The number of rotatable bonds is 3. The van der Waals surface area contributed by atoms with Crippen molar-refractivity contribution in [3.05, 3.63) is 69.1 Å². The fourth-order valence-corrected chi connectivity index (χ4v) is 3.43. The molecule has 1 aromatic carbocycles. The average molecular weight is 339 g/mol. The number of thiophene rings is 1. The molecule has 0 unspecified atom stereocenters. The highest BCUT2D eigenvalue weighted by Gasteiger charge is 2.37. The number of hydrogen-bond donors (Lipinski definition) is 0. The van der Waals surface area contributed by atoms with E-state index in [2.05, 4.69) is 0 Å². The Hall–Kier alpha value is -2.66. The van der Waals surface area contributed by atoms with E-state index in [1.165, 1.54) is 18.4 Å². The van der Waals surface area contributed by atoms with E-state index in [1.54, 1.807) is 17.9 Å². The van der Waals surface area contributed by atoms with Gasteiger partial charge in [0.25, 0.3) is 5.91 Å². The normalized spacial score (nSPS) is 16.2. The Balaban J connectivity index is 2.15. The molecule has 122 valence electrons. The van der Waals surface area contributed by atoms with Gasteiger partial charge in [-0.2, -0.15) is 0 Å². The van der Waals surface area contributed by atoms with Gasteiger partial charge in [0.2, 0.25) is 0 Å². The highest BCUT2D eigenvalue weighted by molar-refractivity contribution is 7.10. The van der Waals surface area contributed by atoms with Crippen LogP contribution in [0.3, 0.4) is 0 Å². The van der Waals surface area contributed by atoms with Crippen molar-refractivity contribution < 1.29 is 14.3 Å². The molecule has 3 rings (SSSR count). The number of esters is 1. The third-order valence-electron chi connectivity index (χ3n) is 3.88. The summed E-state index contributed by atoms with van der Waals surface area (Å²) in [5, 5.41) is 1.93. The summed E-state index contributed by atoms with van der Waals surface area (Å²) in [6.45, 7) is 3.73. The van der Waals surface area contributed by atoms with Gasteiger partial charge in [0.05, 0.1) is 18.3 Å². The van der Waals surface area contributed by atoms with Crippen LogP contribution in [0.15, 0.2) is 58.6 Å². The molecule has 0 aliphatic carbocycles. The molecule has 1 aromatic heterocycles. The smallest absolute Gasteiger partial charge is 0.340 e. The lowest BCUT2D eigenvalue weighted by atomic mass is 10.1. The highest BCUT2D eigenvalue weighted by atomic mass is 32.1. The Bertz CT molecular complexity index is 862. The standard InChI is InChI=1S/C19H17NO3S/c1-12-6-4-7-14(10-12)20-13(2)17(19(22)23-3)16(18(20)21)11-15-8-5-9-24-15/h4-11H,1-3H3/b16-11+. The van der Waals surface area contributed by atoms with Crippen LogP contribution in [0.4, 0.5) is 5.69 Å². The fourth-order valence-electron chi connectivity index (χ4n) is 2.77. The summed E-state index contributed by atoms with van der Waals surface area (Å²) in [5.74, 6) is -0.717. The second kappa shape index (κ2) is 6.45. The van der Waals surface area contributed by atoms with Gasteiger partial charge < -0.3 is 4.74 Å². The number of amides is 1. The van der Waals surface area contributed by atoms with E-state index in [-0.39, 0.29) is 5.91 Å². The number of carbonyl (C=O) groups excluding carboxylic acids is 2. The van der Waals surface area contributed by atoms with Crippen molar-refractivity contribution in [2.45, 2.75) is 13.8 Å². The minimum Gasteiger partial charge on any atom is -0.465 e. The van der Waals surface area contributed by atoms with Crippen LogP contribution in [-0.4, -0.2) is 19.0 Å². The van der Waals surface area contributed by atoms with Gasteiger partial charge in [-0.15, -0.1) is 11.3 Å². The zero-order valence-electron chi connectivity index (χ0n) is 13.7. The zero-order chi connectivity index (χ0) is 17.3. The van der Waals surface area contributed by atoms with Crippen molar-refractivity contribution >= 4 is 35.0 Å². The number of methoxy groups -OCH3 is 1. The topological polar surface area (TPSA) is 46.6 Å². The molecule has 0 spiro atoms. The van der Waals surface area contributed by atoms with Crippen LogP contribution in [0, 0.1) is 6.92 Å². The summed E-state index contributed by atoms with van der Waals surface area (Å²) in [4.78, 5) is 27.7. The maximum atomic E-state index is 13.0. The molecular formula is C19H17NO3S. The number of allylic oxidation sites excluding steroid dienone is 1. The molecule has 1 amide bonds. The van der Waals surface area contributed by atoms with Gasteiger partial charge in [-0.3, -0.25) is 9.69 Å². The molecule has 4 nitrogen and oxygen atoms in total. The first-order valence-corrected chi connectivity index (χ1v) is 8.36. The van der Waals surface area contributed by atoms with Crippen molar-refractivity contribution in [3.63, 3.8) is 0 Å². The first-order chi connectivity index (χ1) is 11.5. The van der Waals surface area contributed by atoms with Crippen molar-refractivity contribution in [3.8, 4) is 0 Å². The lowest BCUT2D eigenvalue weighted by Crippen LogP contribution is -2.24. The van der Waals surface area contributed by atoms with Gasteiger partial charge in [0.1, 0.15) is 0 Å². The molecular weight excluding hydrogens is 322 g/mol. The number of ether oxygens (including phenoxy) is 1. The highest BCUT2D eigenvalue weighted by Crippen LogP contribution is 2.36. The number of anilines is 1. The SMILES string of the molecule is COC(=O)C1=C(C)N(c2cccc(C)c2)C(=O)/C1=C/c1cccs1. The molecule has 0 N–H and O–H groups in total. The van der Waals surface area contributed by atoms with Crippen molar-refractivity contribution in [2.24, 2.45) is 0 Å². The number of nitrogens with zero attached hydrogens (tertiary/aromatic N) is 1. The van der Waals surface area contributed by atoms with E-state index in [0.29, 0.717) is 16.8 Å². The van der Waals surface area contributed by atoms with Gasteiger partial charge in [0, 0.05) is 16.3 Å². The third-order valence-corrected chi connectivity index (χ3v) is 4.70. The molecule has 2 aromatic rings. The monoisotopic (exact) mass is 339 g/mol. The molecule has 1 aliphatic heterocycles. The number of aryl methyl sites for hydroxylation is 1. The van der Waals surface area contributed by atoms with Gasteiger partial charge in [-0.05, 0) is 49.1 Å². The van der Waals surface area contributed by atoms with E-state index in [0.717, 1.165) is 16.1 Å². The van der Waals surface area contributed by atoms with E-state index < -0.39 is 5.97 Å². The minimum atomic E-state index is -0.501. The molecule has 24 heavy (non-hydrogen) atoms. The lowest BCUT2D eigenvalue weighted by molar-refractivity contribution is -0.136. The molecule has 0 saturated carbocycles. The summed E-state index contributed by atoms with van der Waals surface area (Å²) in [6, 6.07) is 11.5. The van der Waals surface area contributed by atoms with E-state index >= 15 is 0 Å². The van der Waals surface area contributed by atoms with Crippen LogP contribution in [0.1, 0.15) is 17.4 Å².